The van der Waals surface area contributed by atoms with Gasteiger partial charge in [-0.3, -0.25) is 4.79 Å². The Labute approximate surface area is 107 Å². The topological polar surface area (TPSA) is 26.3 Å². The monoisotopic (exact) mass is 240 g/mol. The van der Waals surface area contributed by atoms with Crippen molar-refractivity contribution in [3.8, 4) is 5.75 Å². The minimum atomic E-state index is 0.179. The highest BCUT2D eigenvalue weighted by Crippen LogP contribution is 2.15. The van der Waals surface area contributed by atoms with Crippen LogP contribution in [0.25, 0.3) is 0 Å². The predicted molar refractivity (Wildman–Crippen MR) is 72.1 cm³/mol. The summed E-state index contributed by atoms with van der Waals surface area (Å²) < 4.78 is 5.16. The molecule has 0 amide bonds. The maximum atomic E-state index is 11.9. The zero-order chi connectivity index (χ0) is 12.8. The number of aryl methyl sites for hydroxylation is 1. The van der Waals surface area contributed by atoms with Gasteiger partial charge >= 0.3 is 0 Å². The average molecular weight is 240 g/mol. The van der Waals surface area contributed by atoms with Crippen LogP contribution in [0.1, 0.15) is 22.3 Å². The minimum Gasteiger partial charge on any atom is -0.497 e. The van der Waals surface area contributed by atoms with Crippen LogP contribution in [0.3, 0.4) is 0 Å². The number of hydrogen-bond donors (Lipinski definition) is 0. The Bertz CT molecular complexity index is 518. The Balaban J connectivity index is 1.97. The number of hydrogen-bond acceptors (Lipinski definition) is 2. The van der Waals surface area contributed by atoms with E-state index in [4.69, 9.17) is 4.74 Å². The van der Waals surface area contributed by atoms with Crippen LogP contribution in [0.5, 0.6) is 5.75 Å². The molecule has 0 aromatic heterocycles. The summed E-state index contributed by atoms with van der Waals surface area (Å²) >= 11 is 0. The van der Waals surface area contributed by atoms with E-state index in [0.29, 0.717) is 6.42 Å². The van der Waals surface area contributed by atoms with E-state index in [2.05, 4.69) is 0 Å². The maximum absolute atomic E-state index is 11.9. The van der Waals surface area contributed by atoms with E-state index in [1.165, 1.54) is 0 Å². The highest BCUT2D eigenvalue weighted by Gasteiger charge is 2.05. The molecule has 0 bridgehead atoms. The van der Waals surface area contributed by atoms with E-state index in [1.807, 2.05) is 54.6 Å². The highest BCUT2D eigenvalue weighted by molar-refractivity contribution is 5.96. The SMILES string of the molecule is COc1cccc(CCC(=O)c2ccccc2)c1. The van der Waals surface area contributed by atoms with Crippen LogP contribution in [0.2, 0.25) is 0 Å². The van der Waals surface area contributed by atoms with Gasteiger partial charge in [0.25, 0.3) is 0 Å². The smallest absolute Gasteiger partial charge is 0.163 e. The molecule has 2 aromatic carbocycles. The standard InChI is InChI=1S/C16H16O2/c1-18-15-9-5-6-13(12-15)10-11-16(17)14-7-3-2-4-8-14/h2-9,12H,10-11H2,1H3. The lowest BCUT2D eigenvalue weighted by Crippen LogP contribution is -2.00. The van der Waals surface area contributed by atoms with Gasteiger partial charge in [0.1, 0.15) is 5.75 Å². The molecule has 2 heteroatoms. The molecule has 2 rings (SSSR count). The molecule has 0 unspecified atom stereocenters. The molecule has 0 spiro atoms. The molecule has 0 saturated heterocycles. The number of Topliss-reactive ketones (excluding diaryl/α,β-unsaturated/α-hetero) is 1. The van der Waals surface area contributed by atoms with Crippen LogP contribution in [0.15, 0.2) is 54.6 Å². The molecule has 2 nitrogen and oxygen atoms in total. The van der Waals surface area contributed by atoms with Gasteiger partial charge in [0.15, 0.2) is 5.78 Å². The lowest BCUT2D eigenvalue weighted by Gasteiger charge is -2.04. The number of ether oxygens (including phenoxy) is 1. The number of benzene rings is 2. The molecule has 0 heterocycles. The zero-order valence-electron chi connectivity index (χ0n) is 10.4. The van der Waals surface area contributed by atoms with Gasteiger partial charge in [-0.25, -0.2) is 0 Å². The van der Waals surface area contributed by atoms with Crippen molar-refractivity contribution in [1.82, 2.24) is 0 Å². The summed E-state index contributed by atoms with van der Waals surface area (Å²) in [6.45, 7) is 0. The Morgan fingerprint density at radius 1 is 1.06 bits per heavy atom. The van der Waals surface area contributed by atoms with Gasteiger partial charge in [-0.05, 0) is 24.1 Å². The Morgan fingerprint density at radius 2 is 1.83 bits per heavy atom. The Morgan fingerprint density at radius 3 is 2.56 bits per heavy atom. The van der Waals surface area contributed by atoms with E-state index in [1.54, 1.807) is 7.11 Å². The molecular formula is C16H16O2. The van der Waals surface area contributed by atoms with Gasteiger partial charge in [0, 0.05) is 12.0 Å². The first-order chi connectivity index (χ1) is 8.79. The van der Waals surface area contributed by atoms with E-state index in [9.17, 15) is 4.79 Å². The first kappa shape index (κ1) is 12.4. The fourth-order valence-corrected chi connectivity index (χ4v) is 1.85. The largest absolute Gasteiger partial charge is 0.497 e. The third kappa shape index (κ3) is 3.20. The van der Waals surface area contributed by atoms with Crippen LogP contribution < -0.4 is 4.74 Å². The van der Waals surface area contributed by atoms with Gasteiger partial charge in [0.2, 0.25) is 0 Å². The Kier molecular flexibility index (Phi) is 4.13. The van der Waals surface area contributed by atoms with Crippen LogP contribution in [-0.4, -0.2) is 12.9 Å². The van der Waals surface area contributed by atoms with Gasteiger partial charge in [-0.15, -0.1) is 0 Å². The van der Waals surface area contributed by atoms with Crippen molar-refractivity contribution in [2.24, 2.45) is 0 Å². The summed E-state index contributed by atoms with van der Waals surface area (Å²) in [5.74, 6) is 1.01. The number of carbonyl (C=O) groups is 1. The summed E-state index contributed by atoms with van der Waals surface area (Å²) in [7, 11) is 1.65. The summed E-state index contributed by atoms with van der Waals surface area (Å²) in [6.07, 6.45) is 1.27. The predicted octanol–water partition coefficient (Wildman–Crippen LogP) is 3.51. The van der Waals surface area contributed by atoms with E-state index in [-0.39, 0.29) is 5.78 Å². The van der Waals surface area contributed by atoms with Gasteiger partial charge in [-0.2, -0.15) is 0 Å². The molecule has 0 N–H and O–H groups in total. The molecule has 92 valence electrons. The molecule has 18 heavy (non-hydrogen) atoms. The van der Waals surface area contributed by atoms with E-state index in [0.717, 1.165) is 23.3 Å². The molecule has 0 fully saturated rings. The number of rotatable bonds is 5. The third-order valence-corrected chi connectivity index (χ3v) is 2.87. The number of methoxy groups -OCH3 is 1. The molecule has 0 aliphatic heterocycles. The van der Waals surface area contributed by atoms with Gasteiger partial charge in [-0.1, -0.05) is 42.5 Å². The van der Waals surface area contributed by atoms with Crippen LogP contribution in [0.4, 0.5) is 0 Å². The molecular weight excluding hydrogens is 224 g/mol. The van der Waals surface area contributed by atoms with E-state index < -0.39 is 0 Å². The summed E-state index contributed by atoms with van der Waals surface area (Å²) in [5.41, 5.74) is 1.90. The molecule has 0 aliphatic carbocycles. The van der Waals surface area contributed by atoms with Crippen molar-refractivity contribution < 1.29 is 9.53 Å². The molecule has 2 aromatic rings. The quantitative estimate of drug-likeness (QED) is 0.747. The molecule has 0 atom stereocenters. The second-order valence-corrected chi connectivity index (χ2v) is 4.14. The Hall–Kier alpha value is -2.09. The lowest BCUT2D eigenvalue weighted by atomic mass is 10.0. The highest BCUT2D eigenvalue weighted by atomic mass is 16.5. The molecule has 0 radical (unpaired) electrons. The van der Waals surface area contributed by atoms with Crippen LogP contribution in [0, 0.1) is 0 Å². The second-order valence-electron chi connectivity index (χ2n) is 4.14. The van der Waals surface area contributed by atoms with Crippen molar-refractivity contribution >= 4 is 5.78 Å². The first-order valence-corrected chi connectivity index (χ1v) is 6.01. The second kappa shape index (κ2) is 6.01. The van der Waals surface area contributed by atoms with Crippen molar-refractivity contribution in [3.63, 3.8) is 0 Å². The van der Waals surface area contributed by atoms with Gasteiger partial charge in [0.05, 0.1) is 7.11 Å². The third-order valence-electron chi connectivity index (χ3n) is 2.87. The maximum Gasteiger partial charge on any atom is 0.163 e. The number of ketones is 1. The lowest BCUT2D eigenvalue weighted by molar-refractivity contribution is 0.0983. The van der Waals surface area contributed by atoms with Crippen LogP contribution in [-0.2, 0) is 6.42 Å². The molecule has 0 saturated carbocycles. The molecule has 0 aliphatic rings. The number of carbonyl (C=O) groups excluding carboxylic acids is 1. The first-order valence-electron chi connectivity index (χ1n) is 6.01. The van der Waals surface area contributed by atoms with Crippen molar-refractivity contribution in [3.05, 3.63) is 65.7 Å². The van der Waals surface area contributed by atoms with Crippen molar-refractivity contribution in [2.75, 3.05) is 7.11 Å². The summed E-state index contributed by atoms with van der Waals surface area (Å²) in [6, 6.07) is 17.2. The summed E-state index contributed by atoms with van der Waals surface area (Å²) in [5, 5.41) is 0. The fraction of sp³-hybridized carbons (Fsp3) is 0.188. The normalized spacial score (nSPS) is 10.1. The fourth-order valence-electron chi connectivity index (χ4n) is 1.85. The van der Waals surface area contributed by atoms with E-state index >= 15 is 0 Å². The van der Waals surface area contributed by atoms with Crippen molar-refractivity contribution in [2.45, 2.75) is 12.8 Å². The van der Waals surface area contributed by atoms with Crippen molar-refractivity contribution in [1.29, 1.82) is 0 Å². The summed E-state index contributed by atoms with van der Waals surface area (Å²) in [4.78, 5) is 11.9. The van der Waals surface area contributed by atoms with Crippen LogP contribution >= 0.6 is 0 Å². The zero-order valence-corrected chi connectivity index (χ0v) is 10.4. The van der Waals surface area contributed by atoms with Gasteiger partial charge < -0.3 is 4.74 Å². The minimum absolute atomic E-state index is 0.179. The average Bonchev–Trinajstić information content (AvgIpc) is 2.46.